The molecule has 3 aliphatic rings. The zero-order chi connectivity index (χ0) is 31.2. The molecule has 1 aliphatic heterocycles. The van der Waals surface area contributed by atoms with E-state index < -0.39 is 5.92 Å². The molecule has 0 saturated heterocycles. The predicted octanol–water partition coefficient (Wildman–Crippen LogP) is 8.95. The lowest BCUT2D eigenvalue weighted by Crippen LogP contribution is -2.37. The Hall–Kier alpha value is -4.12. The lowest BCUT2D eigenvalue weighted by Gasteiger charge is -2.42. The van der Waals surface area contributed by atoms with Gasteiger partial charge >= 0.3 is 0 Å². The van der Waals surface area contributed by atoms with Crippen molar-refractivity contribution >= 4 is 22.3 Å². The molecule has 44 heavy (non-hydrogen) atoms. The topological polar surface area (TPSA) is 61.8 Å². The van der Waals surface area contributed by atoms with Gasteiger partial charge < -0.3 is 14.2 Å². The van der Waals surface area contributed by atoms with Gasteiger partial charge in [-0.15, -0.1) is 6.58 Å². The van der Waals surface area contributed by atoms with Gasteiger partial charge in [-0.05, 0) is 52.1 Å². The average Bonchev–Trinajstić information content (AvgIpc) is 2.94. The predicted molar refractivity (Wildman–Crippen MR) is 174 cm³/mol. The van der Waals surface area contributed by atoms with E-state index in [0.29, 0.717) is 79.5 Å². The smallest absolute Gasteiger partial charge is 0.165 e. The number of ether oxygens (including phenoxy) is 3. The number of carbonyl (C=O) groups excluding carboxylic acids is 2. The zero-order valence-electron chi connectivity index (χ0n) is 26.5. The molecule has 5 nitrogen and oxygen atoms in total. The molecular formula is C39H42O5. The van der Waals surface area contributed by atoms with Crippen LogP contribution in [-0.4, -0.2) is 18.2 Å². The summed E-state index contributed by atoms with van der Waals surface area (Å²) in [7, 11) is 0. The second-order valence-corrected chi connectivity index (χ2v) is 14.0. The van der Waals surface area contributed by atoms with E-state index >= 15 is 0 Å². The molecule has 0 bridgehead atoms. The first kappa shape index (κ1) is 29.9. The van der Waals surface area contributed by atoms with Gasteiger partial charge in [-0.25, -0.2) is 0 Å². The summed E-state index contributed by atoms with van der Waals surface area (Å²) in [6.07, 6.45) is 4.53. The fourth-order valence-electron chi connectivity index (χ4n) is 7.16. The maximum absolute atomic E-state index is 13.8. The molecule has 0 atom stereocenters. The number of ketones is 2. The van der Waals surface area contributed by atoms with Crippen LogP contribution in [0.3, 0.4) is 0 Å². The molecule has 6 rings (SSSR count). The number of hydrogen-bond acceptors (Lipinski definition) is 5. The zero-order valence-corrected chi connectivity index (χ0v) is 26.5. The molecule has 228 valence electrons. The van der Waals surface area contributed by atoms with E-state index in [2.05, 4.69) is 64.6 Å². The second-order valence-electron chi connectivity index (χ2n) is 14.0. The second kappa shape index (κ2) is 11.4. The molecule has 0 spiro atoms. The number of fused-ring (bicyclic) bond motifs is 1. The number of allylic oxidation sites excluding steroid dienone is 5. The minimum Gasteiger partial charge on any atom is -0.490 e. The molecule has 3 aromatic rings. The molecule has 0 aromatic heterocycles. The van der Waals surface area contributed by atoms with Crippen molar-refractivity contribution in [2.75, 3.05) is 6.61 Å². The molecule has 0 radical (unpaired) electrons. The minimum absolute atomic E-state index is 0.0462. The van der Waals surface area contributed by atoms with Crippen LogP contribution in [0.4, 0.5) is 0 Å². The Kier molecular flexibility index (Phi) is 7.77. The standard InChI is InChI=1S/C39H42O5/c1-7-12-25-17-27(18-31(42-8-2)37(25)43-23-26-15-11-14-24-13-9-10-16-28(24)26)34-35-29(40)19-38(3,4)21-32(35)44-33-22-39(5,6)20-30(41)36(33)34/h7,9-11,13-18,34H,1,8,12,19-23H2,2-6H3. The number of carbonyl (C=O) groups is 2. The van der Waals surface area contributed by atoms with Crippen LogP contribution in [0.5, 0.6) is 11.5 Å². The van der Waals surface area contributed by atoms with Crippen LogP contribution in [0, 0.1) is 10.8 Å². The van der Waals surface area contributed by atoms with Crippen molar-refractivity contribution in [3.05, 3.63) is 107 Å². The number of hydrogen-bond donors (Lipinski definition) is 0. The quantitative estimate of drug-likeness (QED) is 0.245. The van der Waals surface area contributed by atoms with Gasteiger partial charge in [0.15, 0.2) is 23.1 Å². The van der Waals surface area contributed by atoms with Crippen LogP contribution in [-0.2, 0) is 27.4 Å². The first-order valence-electron chi connectivity index (χ1n) is 15.7. The van der Waals surface area contributed by atoms with E-state index in [-0.39, 0.29) is 22.4 Å². The molecule has 5 heteroatoms. The molecule has 0 unspecified atom stereocenters. The van der Waals surface area contributed by atoms with Gasteiger partial charge in [0.25, 0.3) is 0 Å². The van der Waals surface area contributed by atoms with Crippen LogP contribution in [0.1, 0.15) is 82.9 Å². The third-order valence-electron chi connectivity index (χ3n) is 8.99. The molecule has 0 N–H and O–H groups in total. The van der Waals surface area contributed by atoms with E-state index in [4.69, 9.17) is 14.2 Å². The van der Waals surface area contributed by atoms with E-state index in [0.717, 1.165) is 27.5 Å². The Labute approximate surface area is 260 Å². The highest BCUT2D eigenvalue weighted by Crippen LogP contribution is 2.54. The molecule has 0 fully saturated rings. The number of Topliss-reactive ketones (excluding diaryl/α,β-unsaturated/α-hetero) is 2. The highest BCUT2D eigenvalue weighted by atomic mass is 16.5. The monoisotopic (exact) mass is 590 g/mol. The highest BCUT2D eigenvalue weighted by Gasteiger charge is 2.48. The first-order chi connectivity index (χ1) is 21.0. The highest BCUT2D eigenvalue weighted by molar-refractivity contribution is 6.06. The maximum atomic E-state index is 13.8. The Morgan fingerprint density at radius 1 is 0.841 bits per heavy atom. The molecule has 3 aromatic carbocycles. The fourth-order valence-corrected chi connectivity index (χ4v) is 7.16. The third-order valence-corrected chi connectivity index (χ3v) is 8.99. The molecule has 0 amide bonds. The number of benzene rings is 3. The van der Waals surface area contributed by atoms with Crippen LogP contribution in [0.2, 0.25) is 0 Å². The summed E-state index contributed by atoms with van der Waals surface area (Å²) in [6, 6.07) is 18.6. The maximum Gasteiger partial charge on any atom is 0.165 e. The summed E-state index contributed by atoms with van der Waals surface area (Å²) in [5.41, 5.74) is 3.66. The number of rotatable bonds is 8. The van der Waals surface area contributed by atoms with Gasteiger partial charge in [0.2, 0.25) is 0 Å². The summed E-state index contributed by atoms with van der Waals surface area (Å²) in [5.74, 6) is 2.27. The lowest BCUT2D eigenvalue weighted by molar-refractivity contribution is -0.120. The fraction of sp³-hybridized carbons (Fsp3) is 0.385. The van der Waals surface area contributed by atoms with Crippen molar-refractivity contribution in [1.29, 1.82) is 0 Å². The largest absolute Gasteiger partial charge is 0.490 e. The van der Waals surface area contributed by atoms with Crippen LogP contribution in [0.15, 0.2) is 89.9 Å². The average molecular weight is 591 g/mol. The molecule has 2 aliphatic carbocycles. The Bertz CT molecular complexity index is 1680. The van der Waals surface area contributed by atoms with Crippen LogP contribution in [0.25, 0.3) is 10.8 Å². The van der Waals surface area contributed by atoms with Gasteiger partial charge in [0, 0.05) is 48.3 Å². The van der Waals surface area contributed by atoms with Crippen molar-refractivity contribution in [3.8, 4) is 11.5 Å². The SMILES string of the molecule is C=CCc1cc(C2C3=C(CC(C)(C)CC3=O)OC3=C2C(=O)CC(C)(C)C3)cc(OCC)c1OCc1cccc2ccccc12. The van der Waals surface area contributed by atoms with Gasteiger partial charge in [0.1, 0.15) is 18.1 Å². The molecule has 1 heterocycles. The van der Waals surface area contributed by atoms with E-state index in [1.165, 1.54) is 0 Å². The van der Waals surface area contributed by atoms with Gasteiger partial charge in [-0.3, -0.25) is 9.59 Å². The van der Waals surface area contributed by atoms with Crippen molar-refractivity contribution in [2.45, 2.75) is 79.2 Å². The van der Waals surface area contributed by atoms with Crippen molar-refractivity contribution in [3.63, 3.8) is 0 Å². The van der Waals surface area contributed by atoms with Gasteiger partial charge in [0.05, 0.1) is 6.61 Å². The van der Waals surface area contributed by atoms with Gasteiger partial charge in [-0.2, -0.15) is 0 Å². The van der Waals surface area contributed by atoms with Crippen LogP contribution >= 0.6 is 0 Å². The molecular weight excluding hydrogens is 548 g/mol. The first-order valence-corrected chi connectivity index (χ1v) is 15.7. The molecule has 0 saturated carbocycles. The van der Waals surface area contributed by atoms with Crippen molar-refractivity contribution < 1.29 is 23.8 Å². The van der Waals surface area contributed by atoms with Gasteiger partial charge in [-0.1, -0.05) is 82.3 Å². The van der Waals surface area contributed by atoms with E-state index in [1.54, 1.807) is 0 Å². The van der Waals surface area contributed by atoms with E-state index in [1.807, 2.05) is 37.3 Å². The van der Waals surface area contributed by atoms with Crippen molar-refractivity contribution in [2.24, 2.45) is 10.8 Å². The summed E-state index contributed by atoms with van der Waals surface area (Å²) >= 11 is 0. The Morgan fingerprint density at radius 2 is 1.48 bits per heavy atom. The van der Waals surface area contributed by atoms with Crippen LogP contribution < -0.4 is 9.47 Å². The third kappa shape index (κ3) is 5.60. The summed E-state index contributed by atoms with van der Waals surface area (Å²) in [4.78, 5) is 27.7. The minimum atomic E-state index is -0.504. The summed E-state index contributed by atoms with van der Waals surface area (Å²) in [6.45, 7) is 15.2. The lowest BCUT2D eigenvalue weighted by atomic mass is 9.65. The van der Waals surface area contributed by atoms with Crippen molar-refractivity contribution in [1.82, 2.24) is 0 Å². The Balaban J connectivity index is 1.48. The van der Waals surface area contributed by atoms with E-state index in [9.17, 15) is 9.59 Å². The normalized spacial score (nSPS) is 19.4. The summed E-state index contributed by atoms with van der Waals surface area (Å²) < 4.78 is 19.3. The summed E-state index contributed by atoms with van der Waals surface area (Å²) in [5, 5.41) is 2.31. The Morgan fingerprint density at radius 3 is 2.11 bits per heavy atom.